The SMILES string of the molecule is C[C@@H]1Cc2ncnc(N3C[C@H]4CC[C@@H](C3)C4NS(C)(=O)=O)c2CN1c1cc(Cl)nc2c1C=CC2. The van der Waals surface area contributed by atoms with Crippen LogP contribution in [0.5, 0.6) is 0 Å². The van der Waals surface area contributed by atoms with Crippen molar-refractivity contribution in [1.29, 1.82) is 0 Å². The molecule has 4 atom stereocenters. The van der Waals surface area contributed by atoms with Crippen LogP contribution in [0.25, 0.3) is 6.08 Å². The number of hydrogen-bond donors (Lipinski definition) is 1. The molecule has 1 unspecified atom stereocenters. The molecule has 1 N–H and O–H groups in total. The van der Waals surface area contributed by atoms with Crippen LogP contribution >= 0.6 is 11.6 Å². The van der Waals surface area contributed by atoms with Gasteiger partial charge in [0.15, 0.2) is 0 Å². The van der Waals surface area contributed by atoms with Crippen LogP contribution in [0.2, 0.25) is 5.15 Å². The van der Waals surface area contributed by atoms with Crippen molar-refractivity contribution in [1.82, 2.24) is 19.7 Å². The molecular formula is C24H29ClN6O2S. The van der Waals surface area contributed by atoms with E-state index < -0.39 is 10.0 Å². The number of nitrogens with zero attached hydrogens (tertiary/aromatic N) is 5. The number of rotatable bonds is 4. The van der Waals surface area contributed by atoms with Gasteiger partial charge in [-0.25, -0.2) is 28.1 Å². The van der Waals surface area contributed by atoms with Crippen LogP contribution in [0.3, 0.4) is 0 Å². The Hall–Kier alpha value is -2.23. The lowest BCUT2D eigenvalue weighted by molar-refractivity contribution is 0.330. The van der Waals surface area contributed by atoms with Crippen molar-refractivity contribution in [3.63, 3.8) is 0 Å². The van der Waals surface area contributed by atoms with Crippen LogP contribution in [-0.2, 0) is 29.4 Å². The average molecular weight is 501 g/mol. The molecule has 8 nitrogen and oxygen atoms in total. The third kappa shape index (κ3) is 3.87. The number of anilines is 2. The predicted molar refractivity (Wildman–Crippen MR) is 134 cm³/mol. The zero-order chi connectivity index (χ0) is 23.6. The summed E-state index contributed by atoms with van der Waals surface area (Å²) < 4.78 is 26.7. The van der Waals surface area contributed by atoms with E-state index in [-0.39, 0.29) is 12.1 Å². The van der Waals surface area contributed by atoms with Crippen molar-refractivity contribution in [2.45, 2.75) is 51.2 Å². The Morgan fingerprint density at radius 1 is 1.15 bits per heavy atom. The summed E-state index contributed by atoms with van der Waals surface area (Å²) in [5.41, 5.74) is 5.57. The second-order valence-corrected chi connectivity index (χ2v) is 12.3. The highest BCUT2D eigenvalue weighted by Crippen LogP contribution is 2.42. The van der Waals surface area contributed by atoms with Gasteiger partial charge in [0.25, 0.3) is 0 Å². The number of halogens is 1. The maximum Gasteiger partial charge on any atom is 0.208 e. The Kier molecular flexibility index (Phi) is 5.35. The van der Waals surface area contributed by atoms with E-state index in [0.717, 1.165) is 72.8 Å². The summed E-state index contributed by atoms with van der Waals surface area (Å²) in [5.74, 6) is 1.58. The van der Waals surface area contributed by atoms with Crippen molar-refractivity contribution < 1.29 is 8.42 Å². The van der Waals surface area contributed by atoms with Crippen LogP contribution < -0.4 is 14.5 Å². The van der Waals surface area contributed by atoms with Crippen molar-refractivity contribution >= 4 is 39.2 Å². The van der Waals surface area contributed by atoms with Gasteiger partial charge in [-0.2, -0.15) is 0 Å². The van der Waals surface area contributed by atoms with Crippen molar-refractivity contribution in [3.8, 4) is 0 Å². The monoisotopic (exact) mass is 500 g/mol. The second kappa shape index (κ2) is 8.17. The van der Waals surface area contributed by atoms with E-state index in [1.807, 2.05) is 6.07 Å². The third-order valence-corrected chi connectivity index (χ3v) is 8.73. The molecule has 2 aliphatic heterocycles. The number of fused-ring (bicyclic) bond motifs is 4. The highest BCUT2D eigenvalue weighted by molar-refractivity contribution is 7.88. The van der Waals surface area contributed by atoms with E-state index in [1.54, 1.807) is 6.33 Å². The minimum absolute atomic E-state index is 0.0220. The molecule has 1 saturated heterocycles. The number of pyridine rings is 1. The van der Waals surface area contributed by atoms with Crippen LogP contribution in [0.4, 0.5) is 11.5 Å². The summed E-state index contributed by atoms with van der Waals surface area (Å²) >= 11 is 6.40. The number of aromatic nitrogens is 3. The molecule has 0 spiro atoms. The summed E-state index contributed by atoms with van der Waals surface area (Å²) in [5, 5.41) is 0.525. The molecule has 34 heavy (non-hydrogen) atoms. The van der Waals surface area contributed by atoms with Crippen LogP contribution in [0.1, 0.15) is 42.3 Å². The van der Waals surface area contributed by atoms with Crippen LogP contribution in [-0.4, -0.2) is 54.8 Å². The molecule has 4 heterocycles. The highest BCUT2D eigenvalue weighted by Gasteiger charge is 2.44. The molecule has 2 fully saturated rings. The molecule has 2 aliphatic carbocycles. The largest absolute Gasteiger partial charge is 0.363 e. The first-order valence-electron chi connectivity index (χ1n) is 11.9. The number of sulfonamides is 1. The Morgan fingerprint density at radius 3 is 2.65 bits per heavy atom. The van der Waals surface area contributed by atoms with Gasteiger partial charge in [-0.05, 0) is 37.7 Å². The maximum atomic E-state index is 11.9. The van der Waals surface area contributed by atoms with E-state index in [9.17, 15) is 8.42 Å². The van der Waals surface area contributed by atoms with Gasteiger partial charge in [0.2, 0.25) is 10.0 Å². The van der Waals surface area contributed by atoms with Crippen LogP contribution in [0, 0.1) is 11.8 Å². The Labute approximate surface area is 205 Å². The quantitative estimate of drug-likeness (QED) is 0.645. The molecule has 2 bridgehead atoms. The first-order chi connectivity index (χ1) is 16.3. The van der Waals surface area contributed by atoms with Crippen molar-refractivity contribution in [3.05, 3.63) is 46.1 Å². The van der Waals surface area contributed by atoms with Gasteiger partial charge in [-0.1, -0.05) is 23.8 Å². The fourth-order valence-corrected chi connectivity index (χ4v) is 7.43. The van der Waals surface area contributed by atoms with Gasteiger partial charge in [0.1, 0.15) is 17.3 Å². The lowest BCUT2D eigenvalue weighted by atomic mass is 9.92. The zero-order valence-electron chi connectivity index (χ0n) is 19.4. The molecule has 6 rings (SSSR count). The van der Waals surface area contributed by atoms with Crippen molar-refractivity contribution in [2.24, 2.45) is 11.8 Å². The third-order valence-electron chi connectivity index (χ3n) is 7.83. The number of allylic oxidation sites excluding steroid dienone is 1. The second-order valence-electron chi connectivity index (χ2n) is 10.2. The van der Waals surface area contributed by atoms with Gasteiger partial charge < -0.3 is 9.80 Å². The Balaban J connectivity index is 1.32. The smallest absolute Gasteiger partial charge is 0.208 e. The van der Waals surface area contributed by atoms with Crippen molar-refractivity contribution in [2.75, 3.05) is 29.1 Å². The van der Waals surface area contributed by atoms with Gasteiger partial charge in [0.05, 0.1) is 17.6 Å². The van der Waals surface area contributed by atoms with Gasteiger partial charge in [0, 0.05) is 61.4 Å². The van der Waals surface area contributed by atoms with E-state index in [1.165, 1.54) is 6.26 Å². The Bertz CT molecular complexity index is 1270. The van der Waals surface area contributed by atoms with Gasteiger partial charge in [-0.3, -0.25) is 0 Å². The predicted octanol–water partition coefficient (Wildman–Crippen LogP) is 2.81. The topological polar surface area (TPSA) is 91.3 Å². The summed E-state index contributed by atoms with van der Waals surface area (Å²) in [6.45, 7) is 4.56. The lowest BCUT2D eigenvalue weighted by Crippen LogP contribution is -2.53. The molecule has 4 aliphatic rings. The van der Waals surface area contributed by atoms with Crippen LogP contribution in [0.15, 0.2) is 18.5 Å². The number of hydrogen-bond acceptors (Lipinski definition) is 7. The molecule has 2 aromatic heterocycles. The van der Waals surface area contributed by atoms with E-state index in [0.29, 0.717) is 23.5 Å². The fraction of sp³-hybridized carbons (Fsp3) is 0.542. The van der Waals surface area contributed by atoms with E-state index in [4.69, 9.17) is 16.6 Å². The molecule has 10 heteroatoms. The fourth-order valence-electron chi connectivity index (χ4n) is 6.35. The minimum atomic E-state index is -3.22. The molecule has 2 aromatic rings. The normalized spacial score (nSPS) is 27.7. The first kappa shape index (κ1) is 22.2. The standard InChI is InChI=1S/C24H29ClN6O2S/c1-14-8-20-18(12-31(14)21-9-22(25)28-19-5-3-4-17(19)21)24(27-13-26-20)30-10-15-6-7-16(11-30)23(15)29-34(2,32)33/h3-4,9,13-16,23,29H,5-8,10-12H2,1-2H3/t14-,15-,16+,23?/m1/s1. The summed E-state index contributed by atoms with van der Waals surface area (Å²) in [7, 11) is -3.22. The lowest BCUT2D eigenvalue weighted by Gasteiger charge is -2.42. The zero-order valence-corrected chi connectivity index (χ0v) is 21.0. The molecule has 180 valence electrons. The van der Waals surface area contributed by atoms with E-state index in [2.05, 4.69) is 43.6 Å². The molecule has 1 saturated carbocycles. The molecule has 0 amide bonds. The Morgan fingerprint density at radius 2 is 1.91 bits per heavy atom. The molecular weight excluding hydrogens is 472 g/mol. The summed E-state index contributed by atoms with van der Waals surface area (Å²) in [6.07, 6.45) is 11.0. The maximum absolute atomic E-state index is 11.9. The molecule has 0 aromatic carbocycles. The number of nitrogens with one attached hydrogen (secondary N) is 1. The molecule has 0 radical (unpaired) electrons. The average Bonchev–Trinajstić information content (AvgIpc) is 3.31. The first-order valence-corrected chi connectivity index (χ1v) is 14.2. The summed E-state index contributed by atoms with van der Waals surface area (Å²) in [4.78, 5) is 18.7. The van der Waals surface area contributed by atoms with Gasteiger partial charge >= 0.3 is 0 Å². The highest BCUT2D eigenvalue weighted by atomic mass is 35.5. The summed E-state index contributed by atoms with van der Waals surface area (Å²) in [6, 6.07) is 2.27. The van der Waals surface area contributed by atoms with E-state index >= 15 is 0 Å². The van der Waals surface area contributed by atoms with Gasteiger partial charge in [-0.15, -0.1) is 0 Å². The minimum Gasteiger partial charge on any atom is -0.363 e. The number of piperidine rings is 1.